The number of amides is 1. The summed E-state index contributed by atoms with van der Waals surface area (Å²) in [4.78, 5) is 25.5. The van der Waals surface area contributed by atoms with Gasteiger partial charge in [-0.05, 0) is 31.2 Å². The zero-order valence-corrected chi connectivity index (χ0v) is 14.9. The Morgan fingerprint density at radius 1 is 1.16 bits per heavy atom. The van der Waals surface area contributed by atoms with E-state index in [0.29, 0.717) is 11.6 Å². The molecule has 3 aromatic rings. The van der Waals surface area contributed by atoms with E-state index in [1.165, 1.54) is 6.92 Å². The molecule has 0 saturated heterocycles. The van der Waals surface area contributed by atoms with Gasteiger partial charge in [-0.1, -0.05) is 17.4 Å². The Bertz CT molecular complexity index is 908. The maximum Gasteiger partial charge on any atom is 0.227 e. The van der Waals surface area contributed by atoms with Crippen molar-refractivity contribution in [3.63, 3.8) is 0 Å². The Labute approximate surface area is 149 Å². The molecule has 0 unspecified atom stereocenters. The fraction of sp³-hybridized carbons (Fsp3) is 0.176. The van der Waals surface area contributed by atoms with E-state index in [0.717, 1.165) is 27.1 Å². The summed E-state index contributed by atoms with van der Waals surface area (Å²) in [5.74, 6) is 0.368. The molecular formula is C17H18N6OS. The van der Waals surface area contributed by atoms with Gasteiger partial charge in [-0.15, -0.1) is 0 Å². The molecule has 1 amide bonds. The number of aryl methyl sites for hydroxylation is 1. The van der Waals surface area contributed by atoms with Crippen molar-refractivity contribution in [2.45, 2.75) is 13.8 Å². The van der Waals surface area contributed by atoms with Gasteiger partial charge in [0.2, 0.25) is 11.9 Å². The number of rotatable bonds is 5. The van der Waals surface area contributed by atoms with Crippen LogP contribution in [-0.2, 0) is 4.79 Å². The van der Waals surface area contributed by atoms with E-state index in [4.69, 9.17) is 0 Å². The van der Waals surface area contributed by atoms with Gasteiger partial charge in [0, 0.05) is 31.5 Å². The van der Waals surface area contributed by atoms with E-state index in [1.54, 1.807) is 17.5 Å². The zero-order chi connectivity index (χ0) is 17.8. The van der Waals surface area contributed by atoms with Crippen molar-refractivity contribution in [1.29, 1.82) is 0 Å². The second kappa shape index (κ2) is 7.27. The second-order valence-electron chi connectivity index (χ2n) is 5.34. The molecule has 25 heavy (non-hydrogen) atoms. The van der Waals surface area contributed by atoms with Crippen LogP contribution in [-0.4, -0.2) is 27.9 Å². The minimum absolute atomic E-state index is 0.114. The van der Waals surface area contributed by atoms with Crippen LogP contribution in [0.5, 0.6) is 0 Å². The molecule has 0 radical (unpaired) electrons. The van der Waals surface area contributed by atoms with E-state index in [-0.39, 0.29) is 5.91 Å². The summed E-state index contributed by atoms with van der Waals surface area (Å²) in [6.07, 6.45) is 1.71. The van der Waals surface area contributed by atoms with Gasteiger partial charge in [-0.2, -0.15) is 0 Å². The third kappa shape index (κ3) is 4.10. The molecule has 0 atom stereocenters. The van der Waals surface area contributed by atoms with Crippen molar-refractivity contribution in [2.75, 3.05) is 23.0 Å². The smallest absolute Gasteiger partial charge is 0.227 e. The van der Waals surface area contributed by atoms with Gasteiger partial charge in [0.1, 0.15) is 0 Å². The Balaban J connectivity index is 1.84. The Hall–Kier alpha value is -3.00. The summed E-state index contributed by atoms with van der Waals surface area (Å²) in [7, 11) is 1.84. The molecule has 128 valence electrons. The van der Waals surface area contributed by atoms with Crippen LogP contribution >= 0.6 is 11.3 Å². The zero-order valence-electron chi connectivity index (χ0n) is 14.1. The first-order valence-corrected chi connectivity index (χ1v) is 8.50. The summed E-state index contributed by atoms with van der Waals surface area (Å²) in [5, 5.41) is 9.81. The van der Waals surface area contributed by atoms with Crippen LogP contribution in [0, 0.1) is 6.92 Å². The molecule has 0 aliphatic rings. The summed E-state index contributed by atoms with van der Waals surface area (Å²) in [6, 6.07) is 9.25. The third-order valence-electron chi connectivity index (χ3n) is 3.34. The van der Waals surface area contributed by atoms with E-state index >= 15 is 0 Å². The Morgan fingerprint density at radius 3 is 2.68 bits per heavy atom. The Kier molecular flexibility index (Phi) is 4.90. The fourth-order valence-electron chi connectivity index (χ4n) is 2.29. The molecule has 8 heteroatoms. The third-order valence-corrected chi connectivity index (χ3v) is 4.54. The van der Waals surface area contributed by atoms with Gasteiger partial charge in [0.25, 0.3) is 0 Å². The van der Waals surface area contributed by atoms with E-state index in [1.807, 2.05) is 44.3 Å². The number of hydrogen-bond donors (Lipinski definition) is 3. The number of thiazole rings is 1. The summed E-state index contributed by atoms with van der Waals surface area (Å²) < 4.78 is 0. The van der Waals surface area contributed by atoms with E-state index in [9.17, 15) is 4.79 Å². The quantitative estimate of drug-likeness (QED) is 0.648. The largest absolute Gasteiger partial charge is 0.365 e. The summed E-state index contributed by atoms with van der Waals surface area (Å²) in [6.45, 7) is 3.43. The lowest BCUT2D eigenvalue weighted by Gasteiger charge is -2.08. The molecule has 0 aliphatic heterocycles. The van der Waals surface area contributed by atoms with Crippen molar-refractivity contribution in [3.8, 4) is 10.6 Å². The van der Waals surface area contributed by atoms with Crippen LogP contribution in [0.4, 0.5) is 22.5 Å². The molecule has 2 aromatic heterocycles. The lowest BCUT2D eigenvalue weighted by atomic mass is 10.2. The number of nitrogens with zero attached hydrogens (tertiary/aromatic N) is 3. The van der Waals surface area contributed by atoms with Crippen LogP contribution in [0.1, 0.15) is 12.6 Å². The number of anilines is 4. The molecule has 2 heterocycles. The lowest BCUT2D eigenvalue weighted by Crippen LogP contribution is -2.06. The van der Waals surface area contributed by atoms with Gasteiger partial charge in [0.05, 0.1) is 16.3 Å². The molecule has 7 nitrogen and oxygen atoms in total. The van der Waals surface area contributed by atoms with Gasteiger partial charge in [-0.25, -0.2) is 15.0 Å². The molecule has 3 rings (SSSR count). The van der Waals surface area contributed by atoms with Crippen LogP contribution in [0.15, 0.2) is 36.5 Å². The SMILES string of the molecule is CNc1nc(C)c(-c2ccnc(Nc3cccc(NC(C)=O)c3)n2)s1. The number of hydrogen-bond acceptors (Lipinski definition) is 7. The highest BCUT2D eigenvalue weighted by Gasteiger charge is 2.11. The molecule has 3 N–H and O–H groups in total. The predicted molar refractivity (Wildman–Crippen MR) is 101 cm³/mol. The number of aromatic nitrogens is 3. The molecule has 0 aliphatic carbocycles. The highest BCUT2D eigenvalue weighted by molar-refractivity contribution is 7.19. The maximum absolute atomic E-state index is 11.2. The minimum atomic E-state index is -0.114. The molecule has 1 aromatic carbocycles. The fourth-order valence-corrected chi connectivity index (χ4v) is 3.18. The maximum atomic E-state index is 11.2. The second-order valence-corrected chi connectivity index (χ2v) is 6.34. The average molecular weight is 354 g/mol. The molecular weight excluding hydrogens is 336 g/mol. The van der Waals surface area contributed by atoms with Gasteiger partial charge >= 0.3 is 0 Å². The standard InChI is InChI=1S/C17H18N6OS/c1-10-15(25-17(18-3)20-10)14-7-8-19-16(23-14)22-13-6-4-5-12(9-13)21-11(2)24/h4-9H,1-3H3,(H,18,20)(H,21,24)(H,19,22,23). The minimum Gasteiger partial charge on any atom is -0.365 e. The monoisotopic (exact) mass is 354 g/mol. The van der Waals surface area contributed by atoms with Crippen LogP contribution in [0.3, 0.4) is 0 Å². The number of benzene rings is 1. The van der Waals surface area contributed by atoms with Crippen LogP contribution in [0.2, 0.25) is 0 Å². The average Bonchev–Trinajstić information content (AvgIpc) is 2.96. The molecule has 0 fully saturated rings. The van der Waals surface area contributed by atoms with Crippen molar-refractivity contribution in [1.82, 2.24) is 15.0 Å². The summed E-state index contributed by atoms with van der Waals surface area (Å²) >= 11 is 1.55. The number of nitrogens with one attached hydrogen (secondary N) is 3. The number of carbonyl (C=O) groups excluding carboxylic acids is 1. The van der Waals surface area contributed by atoms with Gasteiger partial charge < -0.3 is 16.0 Å². The highest BCUT2D eigenvalue weighted by Crippen LogP contribution is 2.31. The number of carbonyl (C=O) groups is 1. The molecule has 0 saturated carbocycles. The van der Waals surface area contributed by atoms with Crippen LogP contribution < -0.4 is 16.0 Å². The lowest BCUT2D eigenvalue weighted by molar-refractivity contribution is -0.114. The molecule has 0 bridgehead atoms. The first kappa shape index (κ1) is 16.8. The van der Waals surface area contributed by atoms with Gasteiger partial charge in [0.15, 0.2) is 5.13 Å². The summed E-state index contributed by atoms with van der Waals surface area (Å²) in [5.41, 5.74) is 3.24. The van der Waals surface area contributed by atoms with Crippen molar-refractivity contribution in [2.24, 2.45) is 0 Å². The first-order chi connectivity index (χ1) is 12.0. The topological polar surface area (TPSA) is 91.8 Å². The van der Waals surface area contributed by atoms with Gasteiger partial charge in [-0.3, -0.25) is 4.79 Å². The molecule has 0 spiro atoms. The van der Waals surface area contributed by atoms with Crippen molar-refractivity contribution >= 4 is 39.7 Å². The van der Waals surface area contributed by atoms with E-state index in [2.05, 4.69) is 30.9 Å². The Morgan fingerprint density at radius 2 is 1.96 bits per heavy atom. The normalized spacial score (nSPS) is 10.4. The van der Waals surface area contributed by atoms with Crippen molar-refractivity contribution in [3.05, 3.63) is 42.2 Å². The van der Waals surface area contributed by atoms with E-state index < -0.39 is 0 Å². The predicted octanol–water partition coefficient (Wildman–Crippen LogP) is 3.65. The first-order valence-electron chi connectivity index (χ1n) is 7.68. The van der Waals surface area contributed by atoms with Crippen LogP contribution in [0.25, 0.3) is 10.6 Å². The van der Waals surface area contributed by atoms with Crippen molar-refractivity contribution < 1.29 is 4.79 Å². The highest BCUT2D eigenvalue weighted by atomic mass is 32.1.